The van der Waals surface area contributed by atoms with E-state index in [0.29, 0.717) is 17.7 Å². The Balaban J connectivity index is 1.76. The van der Waals surface area contributed by atoms with Crippen LogP contribution in [0.5, 0.6) is 0 Å². The molecule has 0 N–H and O–H groups in total. The van der Waals surface area contributed by atoms with Gasteiger partial charge in [0, 0.05) is 11.1 Å². The summed E-state index contributed by atoms with van der Waals surface area (Å²) in [6, 6.07) is 9.53. The van der Waals surface area contributed by atoms with Crippen LogP contribution in [0.3, 0.4) is 0 Å². The third kappa shape index (κ3) is 2.17. The van der Waals surface area contributed by atoms with Crippen LogP contribution in [-0.2, 0) is 19.4 Å². The van der Waals surface area contributed by atoms with Gasteiger partial charge in [0.1, 0.15) is 5.58 Å². The Morgan fingerprint density at radius 3 is 3.00 bits per heavy atom. The Labute approximate surface area is 122 Å². The second kappa shape index (κ2) is 4.88. The first-order chi connectivity index (χ1) is 10.3. The number of hydrogen-bond donors (Lipinski definition) is 0. The van der Waals surface area contributed by atoms with Gasteiger partial charge in [-0.2, -0.15) is 0 Å². The van der Waals surface area contributed by atoms with Crippen molar-refractivity contribution >= 4 is 11.0 Å². The molecule has 0 atom stereocenters. The van der Waals surface area contributed by atoms with E-state index in [0.717, 1.165) is 18.2 Å². The summed E-state index contributed by atoms with van der Waals surface area (Å²) >= 11 is 0. The molecular weight excluding hydrogens is 264 g/mol. The van der Waals surface area contributed by atoms with Gasteiger partial charge in [0.05, 0.1) is 24.1 Å². The lowest BCUT2D eigenvalue weighted by Gasteiger charge is -2.13. The van der Waals surface area contributed by atoms with Gasteiger partial charge in [-0.05, 0) is 37.8 Å². The summed E-state index contributed by atoms with van der Waals surface area (Å²) in [6.07, 6.45) is 6.36. The summed E-state index contributed by atoms with van der Waals surface area (Å²) in [5.74, 6) is 0. The lowest BCUT2D eigenvalue weighted by Crippen LogP contribution is -2.14. The Hall–Kier alpha value is -2.36. The van der Waals surface area contributed by atoms with Gasteiger partial charge in [0.15, 0.2) is 0 Å². The molecule has 0 saturated carbocycles. The number of aromatic nitrogens is 2. The van der Waals surface area contributed by atoms with Crippen molar-refractivity contribution in [1.82, 2.24) is 9.55 Å². The van der Waals surface area contributed by atoms with Crippen LogP contribution >= 0.6 is 0 Å². The largest absolute Gasteiger partial charge is 0.422 e. The van der Waals surface area contributed by atoms with E-state index in [1.165, 1.54) is 24.2 Å². The second-order valence-corrected chi connectivity index (χ2v) is 5.57. The maximum atomic E-state index is 12.1. The van der Waals surface area contributed by atoms with Crippen molar-refractivity contribution < 1.29 is 4.42 Å². The minimum atomic E-state index is -0.257. The van der Waals surface area contributed by atoms with Crippen molar-refractivity contribution in [2.45, 2.75) is 32.2 Å². The molecule has 1 aliphatic carbocycles. The predicted molar refractivity (Wildman–Crippen MR) is 80.5 cm³/mol. The molecule has 0 unspecified atom stereocenters. The average Bonchev–Trinajstić information content (AvgIpc) is 2.91. The van der Waals surface area contributed by atoms with Crippen molar-refractivity contribution in [3.8, 4) is 0 Å². The Bertz CT molecular complexity index is 861. The van der Waals surface area contributed by atoms with E-state index < -0.39 is 0 Å². The molecule has 4 heteroatoms. The molecule has 0 amide bonds. The van der Waals surface area contributed by atoms with Gasteiger partial charge in [-0.3, -0.25) is 0 Å². The first kappa shape index (κ1) is 12.4. The molecule has 106 valence electrons. The summed E-state index contributed by atoms with van der Waals surface area (Å²) in [6.45, 7) is 0.537. The number of rotatable bonds is 2. The van der Waals surface area contributed by atoms with Crippen molar-refractivity contribution in [3.63, 3.8) is 0 Å². The summed E-state index contributed by atoms with van der Waals surface area (Å²) in [4.78, 5) is 16.6. The third-order valence-electron chi connectivity index (χ3n) is 4.16. The molecule has 1 aromatic carbocycles. The molecule has 0 fully saturated rings. The van der Waals surface area contributed by atoms with Gasteiger partial charge < -0.3 is 8.98 Å². The highest BCUT2D eigenvalue weighted by Gasteiger charge is 2.16. The normalized spacial score (nSPS) is 14.3. The quantitative estimate of drug-likeness (QED) is 0.678. The number of benzene rings is 1. The smallest absolute Gasteiger partial charge is 0.341 e. The zero-order chi connectivity index (χ0) is 14.2. The highest BCUT2D eigenvalue weighted by Crippen LogP contribution is 2.21. The summed E-state index contributed by atoms with van der Waals surface area (Å²) in [7, 11) is 0. The van der Waals surface area contributed by atoms with Crippen LogP contribution in [0.4, 0.5) is 0 Å². The number of hydrogen-bond acceptors (Lipinski definition) is 3. The monoisotopic (exact) mass is 280 g/mol. The van der Waals surface area contributed by atoms with Crippen molar-refractivity contribution in [1.29, 1.82) is 0 Å². The molecular formula is C17H16N2O2. The molecule has 4 nitrogen and oxygen atoms in total. The van der Waals surface area contributed by atoms with Crippen LogP contribution in [0.1, 0.15) is 29.8 Å². The molecule has 2 aromatic heterocycles. The SMILES string of the molecule is O=c1oc2ccccc2cc1Cn1cnc2c1CCCC2. The Morgan fingerprint density at radius 2 is 2.05 bits per heavy atom. The zero-order valence-electron chi connectivity index (χ0n) is 11.7. The minimum Gasteiger partial charge on any atom is -0.422 e. The van der Waals surface area contributed by atoms with Crippen LogP contribution in [0.15, 0.2) is 45.9 Å². The van der Waals surface area contributed by atoms with Gasteiger partial charge in [-0.25, -0.2) is 9.78 Å². The molecule has 0 bridgehead atoms. The molecule has 2 heterocycles. The van der Waals surface area contributed by atoms with E-state index in [1.54, 1.807) is 0 Å². The molecule has 3 aromatic rings. The number of nitrogens with zero attached hydrogens (tertiary/aromatic N) is 2. The summed E-state index contributed by atoms with van der Waals surface area (Å²) in [5, 5.41) is 0.959. The fraction of sp³-hybridized carbons (Fsp3) is 0.294. The van der Waals surface area contributed by atoms with E-state index in [-0.39, 0.29) is 5.63 Å². The van der Waals surface area contributed by atoms with Gasteiger partial charge in [-0.1, -0.05) is 18.2 Å². The second-order valence-electron chi connectivity index (χ2n) is 5.57. The first-order valence-electron chi connectivity index (χ1n) is 7.36. The highest BCUT2D eigenvalue weighted by atomic mass is 16.4. The Kier molecular flexibility index (Phi) is 2.88. The van der Waals surface area contributed by atoms with Gasteiger partial charge in [0.25, 0.3) is 0 Å². The zero-order valence-corrected chi connectivity index (χ0v) is 11.7. The summed E-state index contributed by atoms with van der Waals surface area (Å²) < 4.78 is 7.49. The fourth-order valence-electron chi connectivity index (χ4n) is 3.07. The van der Waals surface area contributed by atoms with Crippen LogP contribution in [0, 0.1) is 0 Å². The first-order valence-corrected chi connectivity index (χ1v) is 7.36. The molecule has 21 heavy (non-hydrogen) atoms. The molecule has 0 aliphatic heterocycles. The van der Waals surface area contributed by atoms with E-state index in [1.807, 2.05) is 36.7 Å². The van der Waals surface area contributed by atoms with E-state index >= 15 is 0 Å². The standard InChI is InChI=1S/C17H16N2O2/c20-17-13(9-12-5-1-4-8-16(12)21-17)10-19-11-18-14-6-2-3-7-15(14)19/h1,4-5,8-9,11H,2-3,6-7,10H2. The van der Waals surface area contributed by atoms with Crippen LogP contribution < -0.4 is 5.63 Å². The van der Waals surface area contributed by atoms with Crippen LogP contribution in [-0.4, -0.2) is 9.55 Å². The number of fused-ring (bicyclic) bond motifs is 2. The highest BCUT2D eigenvalue weighted by molar-refractivity contribution is 5.76. The van der Waals surface area contributed by atoms with E-state index in [4.69, 9.17) is 4.42 Å². The van der Waals surface area contributed by atoms with E-state index in [9.17, 15) is 4.79 Å². The van der Waals surface area contributed by atoms with Crippen LogP contribution in [0.2, 0.25) is 0 Å². The fourth-order valence-corrected chi connectivity index (χ4v) is 3.07. The van der Waals surface area contributed by atoms with Gasteiger partial charge in [-0.15, -0.1) is 0 Å². The van der Waals surface area contributed by atoms with Gasteiger partial charge in [0.2, 0.25) is 0 Å². The van der Waals surface area contributed by atoms with Crippen molar-refractivity contribution in [2.75, 3.05) is 0 Å². The number of aryl methyl sites for hydroxylation is 1. The van der Waals surface area contributed by atoms with Gasteiger partial charge >= 0.3 is 5.63 Å². The third-order valence-corrected chi connectivity index (χ3v) is 4.16. The molecule has 0 saturated heterocycles. The molecule has 1 aliphatic rings. The molecule has 4 rings (SSSR count). The predicted octanol–water partition coefficient (Wildman–Crippen LogP) is 2.92. The molecule has 0 spiro atoms. The Morgan fingerprint density at radius 1 is 1.19 bits per heavy atom. The number of imidazole rings is 1. The lowest BCUT2D eigenvalue weighted by molar-refractivity contribution is 0.542. The maximum absolute atomic E-state index is 12.1. The summed E-state index contributed by atoms with van der Waals surface area (Å²) in [5.41, 5.74) is 3.52. The van der Waals surface area contributed by atoms with Crippen molar-refractivity contribution in [3.05, 3.63) is 64.0 Å². The maximum Gasteiger partial charge on any atom is 0.341 e. The number of para-hydroxylation sites is 1. The van der Waals surface area contributed by atoms with E-state index in [2.05, 4.69) is 9.55 Å². The topological polar surface area (TPSA) is 48.0 Å². The van der Waals surface area contributed by atoms with Crippen LogP contribution in [0.25, 0.3) is 11.0 Å². The molecule has 0 radical (unpaired) electrons. The average molecular weight is 280 g/mol. The van der Waals surface area contributed by atoms with Crippen molar-refractivity contribution in [2.24, 2.45) is 0 Å². The lowest BCUT2D eigenvalue weighted by atomic mass is 10.0. The minimum absolute atomic E-state index is 0.257.